The number of carbonyl (C=O) groups is 1. The molecule has 0 N–H and O–H groups in total. The van der Waals surface area contributed by atoms with Crippen molar-refractivity contribution in [1.29, 1.82) is 0 Å². The summed E-state index contributed by atoms with van der Waals surface area (Å²) >= 11 is 12.0. The molecule has 4 nitrogen and oxygen atoms in total. The summed E-state index contributed by atoms with van der Waals surface area (Å²) in [5, 5.41) is 1.17. The van der Waals surface area contributed by atoms with Gasteiger partial charge in [-0.3, -0.25) is 9.69 Å². The zero-order valence-electron chi connectivity index (χ0n) is 13.1. The molecule has 1 heterocycles. The normalized spacial score (nSPS) is 15.8. The lowest BCUT2D eigenvalue weighted by Gasteiger charge is -2.30. The first-order valence-electron chi connectivity index (χ1n) is 7.57. The Labute approximate surface area is 153 Å². The first-order chi connectivity index (χ1) is 10.6. The van der Waals surface area contributed by atoms with Gasteiger partial charge in [0.15, 0.2) is 0 Å². The molecule has 1 aliphatic rings. The molecular weight excluding hydrogens is 361 g/mol. The number of likely N-dealkylation sites (tertiary alicyclic amines) is 1. The molecule has 2 rings (SSSR count). The maximum Gasteiger partial charge on any atom is 0.309 e. The minimum Gasteiger partial charge on any atom is -0.491 e. The third kappa shape index (κ3) is 6.38. The molecule has 0 radical (unpaired) electrons. The van der Waals surface area contributed by atoms with E-state index in [1.54, 1.807) is 18.2 Å². The highest BCUT2D eigenvalue weighted by Gasteiger charge is 2.25. The van der Waals surface area contributed by atoms with Gasteiger partial charge in [0.25, 0.3) is 0 Å². The fourth-order valence-electron chi connectivity index (χ4n) is 2.52. The molecule has 1 aromatic carbocycles. The molecule has 1 saturated heterocycles. The van der Waals surface area contributed by atoms with Crippen molar-refractivity contribution in [3.8, 4) is 5.75 Å². The summed E-state index contributed by atoms with van der Waals surface area (Å²) < 4.78 is 10.8. The molecule has 0 unspecified atom stereocenters. The van der Waals surface area contributed by atoms with Gasteiger partial charge in [0.2, 0.25) is 0 Å². The zero-order chi connectivity index (χ0) is 15.9. The molecule has 0 atom stereocenters. The van der Waals surface area contributed by atoms with Crippen molar-refractivity contribution >= 4 is 41.6 Å². The van der Waals surface area contributed by atoms with Crippen molar-refractivity contribution in [2.45, 2.75) is 19.8 Å². The van der Waals surface area contributed by atoms with Gasteiger partial charge in [0.05, 0.1) is 17.5 Å². The number of halogens is 3. The molecule has 1 fully saturated rings. The van der Waals surface area contributed by atoms with Gasteiger partial charge in [-0.2, -0.15) is 0 Å². The topological polar surface area (TPSA) is 38.8 Å². The number of piperidine rings is 1. The lowest BCUT2D eigenvalue weighted by molar-refractivity contribution is -0.149. The number of rotatable bonds is 6. The van der Waals surface area contributed by atoms with Crippen LogP contribution in [-0.4, -0.2) is 43.7 Å². The van der Waals surface area contributed by atoms with Crippen LogP contribution in [0.5, 0.6) is 5.75 Å². The zero-order valence-corrected chi connectivity index (χ0v) is 15.4. The van der Waals surface area contributed by atoms with Gasteiger partial charge in [-0.25, -0.2) is 0 Å². The maximum atomic E-state index is 11.7. The van der Waals surface area contributed by atoms with Crippen LogP contribution < -0.4 is 4.74 Å². The van der Waals surface area contributed by atoms with Crippen LogP contribution in [0.15, 0.2) is 18.2 Å². The minimum absolute atomic E-state index is 0. The van der Waals surface area contributed by atoms with Crippen molar-refractivity contribution in [3.05, 3.63) is 28.2 Å². The van der Waals surface area contributed by atoms with E-state index in [2.05, 4.69) is 4.90 Å². The molecular formula is C16H22Cl3NO3. The van der Waals surface area contributed by atoms with E-state index in [1.165, 1.54) is 0 Å². The molecule has 0 aliphatic carbocycles. The van der Waals surface area contributed by atoms with Gasteiger partial charge in [-0.05, 0) is 45.0 Å². The highest BCUT2D eigenvalue weighted by molar-refractivity contribution is 6.34. The second kappa shape index (κ2) is 10.2. The van der Waals surface area contributed by atoms with Crippen molar-refractivity contribution in [2.75, 3.05) is 32.8 Å². The third-order valence-electron chi connectivity index (χ3n) is 3.77. The second-order valence-electron chi connectivity index (χ2n) is 5.29. The first-order valence-corrected chi connectivity index (χ1v) is 8.32. The summed E-state index contributed by atoms with van der Waals surface area (Å²) in [4.78, 5) is 14.0. The van der Waals surface area contributed by atoms with Crippen molar-refractivity contribution in [1.82, 2.24) is 4.90 Å². The molecule has 0 saturated carbocycles. The lowest BCUT2D eigenvalue weighted by atomic mass is 9.97. The summed E-state index contributed by atoms with van der Waals surface area (Å²) in [7, 11) is 0. The molecule has 7 heteroatoms. The van der Waals surface area contributed by atoms with Crippen LogP contribution >= 0.6 is 35.6 Å². The van der Waals surface area contributed by atoms with Crippen molar-refractivity contribution in [2.24, 2.45) is 5.92 Å². The predicted octanol–water partition coefficient (Wildman–Crippen LogP) is 4.07. The first kappa shape index (κ1) is 20.4. The highest BCUT2D eigenvalue weighted by atomic mass is 35.5. The Hall–Kier alpha value is -0.680. The Bertz CT molecular complexity index is 505. The fourth-order valence-corrected chi connectivity index (χ4v) is 2.86. The molecule has 0 amide bonds. The molecule has 1 aliphatic heterocycles. The smallest absolute Gasteiger partial charge is 0.309 e. The van der Waals surface area contributed by atoms with Gasteiger partial charge in [-0.1, -0.05) is 23.2 Å². The average Bonchev–Trinajstić information content (AvgIpc) is 2.51. The number of hydrogen-bond acceptors (Lipinski definition) is 4. The highest BCUT2D eigenvalue weighted by Crippen LogP contribution is 2.27. The van der Waals surface area contributed by atoms with Gasteiger partial charge >= 0.3 is 5.97 Å². The van der Waals surface area contributed by atoms with Crippen LogP contribution in [0, 0.1) is 5.92 Å². The number of hydrogen-bond donors (Lipinski definition) is 0. The van der Waals surface area contributed by atoms with Crippen LogP contribution in [0.3, 0.4) is 0 Å². The standard InChI is InChI=1S/C16H21Cl2NO3.ClH/c1-2-21-16(20)12-5-7-19(8-6-12)9-10-22-15-11-13(17)3-4-14(15)18;/h3-4,11-12H,2,5-10H2,1H3;1H. The molecule has 23 heavy (non-hydrogen) atoms. The van der Waals surface area contributed by atoms with E-state index in [-0.39, 0.29) is 24.3 Å². The van der Waals surface area contributed by atoms with Crippen LogP contribution in [0.2, 0.25) is 10.0 Å². The van der Waals surface area contributed by atoms with Crippen LogP contribution in [0.1, 0.15) is 19.8 Å². The Kier molecular flexibility index (Phi) is 9.07. The Balaban J connectivity index is 0.00000264. The van der Waals surface area contributed by atoms with Gasteiger partial charge < -0.3 is 9.47 Å². The van der Waals surface area contributed by atoms with E-state index in [9.17, 15) is 4.79 Å². The number of carbonyl (C=O) groups excluding carboxylic acids is 1. The van der Waals surface area contributed by atoms with Crippen LogP contribution in [0.25, 0.3) is 0 Å². The SMILES string of the molecule is CCOC(=O)C1CCN(CCOc2cc(Cl)ccc2Cl)CC1.Cl. The third-order valence-corrected chi connectivity index (χ3v) is 4.31. The predicted molar refractivity (Wildman–Crippen MR) is 95.0 cm³/mol. The fraction of sp³-hybridized carbons (Fsp3) is 0.562. The quantitative estimate of drug-likeness (QED) is 0.695. The van der Waals surface area contributed by atoms with Crippen molar-refractivity contribution in [3.63, 3.8) is 0 Å². The molecule has 130 valence electrons. The second-order valence-corrected chi connectivity index (χ2v) is 6.13. The Morgan fingerprint density at radius 3 is 2.65 bits per heavy atom. The summed E-state index contributed by atoms with van der Waals surface area (Å²) in [6.07, 6.45) is 1.69. The molecule has 0 bridgehead atoms. The van der Waals surface area contributed by atoms with E-state index in [0.29, 0.717) is 29.0 Å². The number of esters is 1. The number of benzene rings is 1. The number of nitrogens with zero attached hydrogens (tertiary/aromatic N) is 1. The lowest BCUT2D eigenvalue weighted by Crippen LogP contribution is -2.39. The van der Waals surface area contributed by atoms with Crippen LogP contribution in [-0.2, 0) is 9.53 Å². The monoisotopic (exact) mass is 381 g/mol. The average molecular weight is 383 g/mol. The van der Waals surface area contributed by atoms with E-state index < -0.39 is 0 Å². The molecule has 0 spiro atoms. The van der Waals surface area contributed by atoms with E-state index >= 15 is 0 Å². The number of ether oxygens (including phenoxy) is 2. The van der Waals surface area contributed by atoms with E-state index in [1.807, 2.05) is 6.92 Å². The molecule has 0 aromatic heterocycles. The minimum atomic E-state index is -0.0656. The van der Waals surface area contributed by atoms with Gasteiger partial charge in [0, 0.05) is 17.6 Å². The van der Waals surface area contributed by atoms with Crippen LogP contribution in [0.4, 0.5) is 0 Å². The van der Waals surface area contributed by atoms with Gasteiger partial charge in [-0.15, -0.1) is 12.4 Å². The Morgan fingerprint density at radius 2 is 2.00 bits per heavy atom. The summed E-state index contributed by atoms with van der Waals surface area (Å²) in [5.74, 6) is 0.583. The molecule has 1 aromatic rings. The summed E-state index contributed by atoms with van der Waals surface area (Å²) in [6, 6.07) is 5.18. The summed E-state index contributed by atoms with van der Waals surface area (Å²) in [5.41, 5.74) is 0. The largest absolute Gasteiger partial charge is 0.491 e. The van der Waals surface area contributed by atoms with E-state index in [4.69, 9.17) is 32.7 Å². The maximum absolute atomic E-state index is 11.7. The Morgan fingerprint density at radius 1 is 1.30 bits per heavy atom. The summed E-state index contributed by atoms with van der Waals surface area (Å²) in [6.45, 7) is 5.41. The van der Waals surface area contributed by atoms with E-state index in [0.717, 1.165) is 32.5 Å². The van der Waals surface area contributed by atoms with Gasteiger partial charge in [0.1, 0.15) is 12.4 Å². The van der Waals surface area contributed by atoms with Crippen molar-refractivity contribution < 1.29 is 14.3 Å².